The summed E-state index contributed by atoms with van der Waals surface area (Å²) < 4.78 is 27.3. The summed E-state index contributed by atoms with van der Waals surface area (Å²) in [7, 11) is -3.38. The normalized spacial score (nSPS) is 11.3. The van der Waals surface area contributed by atoms with Crippen molar-refractivity contribution in [2.75, 3.05) is 21.6 Å². The molecule has 0 saturated heterocycles. The number of sulfonamides is 1. The van der Waals surface area contributed by atoms with Crippen LogP contribution < -0.4 is 15.4 Å². The number of benzene rings is 2. The van der Waals surface area contributed by atoms with E-state index in [-0.39, 0.29) is 5.91 Å². The Bertz CT molecular complexity index is 1380. The summed E-state index contributed by atoms with van der Waals surface area (Å²) in [4.78, 5) is 15.6. The van der Waals surface area contributed by atoms with Crippen LogP contribution in [-0.2, 0) is 14.8 Å². The lowest BCUT2D eigenvalue weighted by Gasteiger charge is -2.09. The second-order valence-corrected chi connectivity index (χ2v) is 8.73. The Morgan fingerprint density at radius 3 is 2.48 bits per heavy atom. The Labute approximate surface area is 179 Å². The maximum Gasteiger partial charge on any atom is 0.245 e. The first-order valence-corrected chi connectivity index (χ1v) is 11.2. The molecule has 0 aliphatic carbocycles. The molecule has 0 spiro atoms. The molecule has 0 fully saturated rings. The summed E-state index contributed by atoms with van der Waals surface area (Å²) in [6, 6.07) is 18.1. The molecule has 2 aromatic heterocycles. The fraction of sp³-hybridized carbons (Fsp3) is 0.0952. The lowest BCUT2D eigenvalue weighted by molar-refractivity contribution is -0.114. The van der Waals surface area contributed by atoms with Crippen LogP contribution in [0.1, 0.15) is 6.92 Å². The van der Waals surface area contributed by atoms with Crippen LogP contribution in [0.3, 0.4) is 0 Å². The molecule has 0 unspecified atom stereocenters. The zero-order chi connectivity index (χ0) is 22.0. The van der Waals surface area contributed by atoms with E-state index >= 15 is 0 Å². The second kappa shape index (κ2) is 8.07. The molecule has 0 aliphatic heterocycles. The third kappa shape index (κ3) is 4.98. The van der Waals surface area contributed by atoms with Gasteiger partial charge in [-0.05, 0) is 42.5 Å². The largest absolute Gasteiger partial charge is 0.326 e. The van der Waals surface area contributed by atoms with Gasteiger partial charge in [-0.3, -0.25) is 9.52 Å². The zero-order valence-corrected chi connectivity index (χ0v) is 17.6. The molecule has 1 amide bonds. The number of hydrogen-bond acceptors (Lipinski definition) is 6. The van der Waals surface area contributed by atoms with Crippen molar-refractivity contribution in [2.45, 2.75) is 6.92 Å². The molecule has 2 aromatic carbocycles. The van der Waals surface area contributed by atoms with Crippen LogP contribution in [0.2, 0.25) is 0 Å². The van der Waals surface area contributed by atoms with E-state index < -0.39 is 10.0 Å². The van der Waals surface area contributed by atoms with E-state index in [4.69, 9.17) is 0 Å². The Kier molecular flexibility index (Phi) is 5.30. The fourth-order valence-corrected chi connectivity index (χ4v) is 3.70. The fourth-order valence-electron chi connectivity index (χ4n) is 3.14. The maximum atomic E-state index is 11.5. The topological polar surface area (TPSA) is 117 Å². The zero-order valence-electron chi connectivity index (χ0n) is 16.8. The number of nitrogens with one attached hydrogen (secondary N) is 3. The van der Waals surface area contributed by atoms with E-state index in [1.54, 1.807) is 41.0 Å². The minimum absolute atomic E-state index is 0.153. The number of nitrogens with zero attached hydrogens (tertiary/aromatic N) is 3. The van der Waals surface area contributed by atoms with Gasteiger partial charge >= 0.3 is 0 Å². The molecule has 158 valence electrons. The van der Waals surface area contributed by atoms with Gasteiger partial charge in [0.1, 0.15) is 0 Å². The van der Waals surface area contributed by atoms with Crippen molar-refractivity contribution in [1.82, 2.24) is 14.6 Å². The first-order chi connectivity index (χ1) is 14.8. The molecule has 4 rings (SSSR count). The van der Waals surface area contributed by atoms with Crippen LogP contribution in [0.15, 0.2) is 66.9 Å². The van der Waals surface area contributed by atoms with E-state index in [1.807, 2.05) is 30.3 Å². The molecular weight excluding hydrogens is 416 g/mol. The van der Waals surface area contributed by atoms with Gasteiger partial charge in [-0.2, -0.15) is 0 Å². The van der Waals surface area contributed by atoms with Crippen LogP contribution in [0.5, 0.6) is 0 Å². The van der Waals surface area contributed by atoms with Crippen molar-refractivity contribution in [2.24, 2.45) is 0 Å². The number of carbonyl (C=O) groups excluding carboxylic acids is 1. The quantitative estimate of drug-likeness (QED) is 0.426. The number of carbonyl (C=O) groups is 1. The minimum Gasteiger partial charge on any atom is -0.326 e. The average Bonchev–Trinajstić information content (AvgIpc) is 3.10. The highest BCUT2D eigenvalue weighted by atomic mass is 32.2. The van der Waals surface area contributed by atoms with Gasteiger partial charge in [0.2, 0.25) is 21.9 Å². The molecule has 0 aliphatic rings. The van der Waals surface area contributed by atoms with Crippen molar-refractivity contribution in [3.8, 4) is 11.3 Å². The molecule has 9 nitrogen and oxygen atoms in total. The van der Waals surface area contributed by atoms with Crippen LogP contribution in [0, 0.1) is 0 Å². The predicted molar refractivity (Wildman–Crippen MR) is 121 cm³/mol. The lowest BCUT2D eigenvalue weighted by Crippen LogP contribution is -2.09. The van der Waals surface area contributed by atoms with E-state index in [0.717, 1.165) is 28.7 Å². The van der Waals surface area contributed by atoms with Crippen LogP contribution >= 0.6 is 0 Å². The third-order valence-corrected chi connectivity index (χ3v) is 4.91. The first-order valence-electron chi connectivity index (χ1n) is 9.34. The Hall–Kier alpha value is -3.92. The predicted octanol–water partition coefficient (Wildman–Crippen LogP) is 3.47. The summed E-state index contributed by atoms with van der Waals surface area (Å²) in [6.45, 7) is 1.45. The summed E-state index contributed by atoms with van der Waals surface area (Å²) in [5, 5.41) is 10.4. The molecule has 10 heteroatoms. The summed E-state index contributed by atoms with van der Waals surface area (Å²) in [5.41, 5.74) is 4.22. The molecule has 2 heterocycles. The van der Waals surface area contributed by atoms with Crippen LogP contribution in [-0.4, -0.2) is 35.2 Å². The summed E-state index contributed by atoms with van der Waals surface area (Å²) >= 11 is 0. The monoisotopic (exact) mass is 436 g/mol. The Morgan fingerprint density at radius 1 is 0.968 bits per heavy atom. The van der Waals surface area contributed by atoms with E-state index in [2.05, 4.69) is 25.4 Å². The Balaban J connectivity index is 1.66. The number of anilines is 4. The van der Waals surface area contributed by atoms with Gasteiger partial charge in [0.05, 0.1) is 23.7 Å². The van der Waals surface area contributed by atoms with Gasteiger partial charge in [-0.1, -0.05) is 18.2 Å². The van der Waals surface area contributed by atoms with Gasteiger partial charge in [-0.15, -0.1) is 5.10 Å². The standard InChI is InChI=1S/C21H20N6O3S/c1-14(28)23-16-6-4-7-17(12-16)24-21-22-13-19-9-10-20(27(19)25-21)15-5-3-8-18(11-15)26-31(2,29)30/h3-13,26H,1-2H3,(H,23,28)(H,24,25). The lowest BCUT2D eigenvalue weighted by atomic mass is 10.1. The summed E-state index contributed by atoms with van der Waals surface area (Å²) in [5.74, 6) is 0.217. The van der Waals surface area contributed by atoms with E-state index in [1.165, 1.54) is 6.92 Å². The molecule has 0 bridgehead atoms. The van der Waals surface area contributed by atoms with Gasteiger partial charge in [0.15, 0.2) is 0 Å². The number of amides is 1. The van der Waals surface area contributed by atoms with Crippen molar-refractivity contribution in [3.05, 3.63) is 66.9 Å². The molecule has 0 atom stereocenters. The molecular formula is C21H20N6O3S. The minimum atomic E-state index is -3.38. The molecule has 0 radical (unpaired) electrons. The molecule has 4 aromatic rings. The SMILES string of the molecule is CC(=O)Nc1cccc(Nc2ncc3ccc(-c4cccc(NS(C)(=O)=O)c4)n3n2)c1. The second-order valence-electron chi connectivity index (χ2n) is 6.98. The number of hydrogen-bond donors (Lipinski definition) is 3. The van der Waals surface area contributed by atoms with Crippen molar-refractivity contribution in [1.29, 1.82) is 0 Å². The number of fused-ring (bicyclic) bond motifs is 1. The highest BCUT2D eigenvalue weighted by Gasteiger charge is 2.10. The molecule has 3 N–H and O–H groups in total. The molecule has 31 heavy (non-hydrogen) atoms. The average molecular weight is 436 g/mol. The van der Waals surface area contributed by atoms with Crippen molar-refractivity contribution in [3.63, 3.8) is 0 Å². The van der Waals surface area contributed by atoms with E-state index in [9.17, 15) is 13.2 Å². The van der Waals surface area contributed by atoms with Crippen molar-refractivity contribution >= 4 is 44.5 Å². The first kappa shape index (κ1) is 20.4. The highest BCUT2D eigenvalue weighted by molar-refractivity contribution is 7.92. The van der Waals surface area contributed by atoms with E-state index in [0.29, 0.717) is 17.3 Å². The van der Waals surface area contributed by atoms with Crippen LogP contribution in [0.4, 0.5) is 23.0 Å². The highest BCUT2D eigenvalue weighted by Crippen LogP contribution is 2.26. The molecule has 0 saturated carbocycles. The number of aromatic nitrogens is 3. The van der Waals surface area contributed by atoms with Gasteiger partial charge in [0, 0.05) is 29.5 Å². The van der Waals surface area contributed by atoms with Gasteiger partial charge < -0.3 is 10.6 Å². The number of rotatable bonds is 6. The maximum absolute atomic E-state index is 11.5. The smallest absolute Gasteiger partial charge is 0.245 e. The third-order valence-electron chi connectivity index (χ3n) is 4.30. The Morgan fingerprint density at radius 2 is 1.71 bits per heavy atom. The van der Waals surface area contributed by atoms with Crippen LogP contribution in [0.25, 0.3) is 16.8 Å². The van der Waals surface area contributed by atoms with Gasteiger partial charge in [0.25, 0.3) is 0 Å². The summed E-state index contributed by atoms with van der Waals surface area (Å²) in [6.07, 6.45) is 2.80. The van der Waals surface area contributed by atoms with Crippen molar-refractivity contribution < 1.29 is 13.2 Å². The van der Waals surface area contributed by atoms with Gasteiger partial charge in [-0.25, -0.2) is 17.9 Å².